The largest absolute Gasteiger partial charge is 0.505 e. The molecule has 8 aromatic rings. The molecule has 8 rings (SSSR count). The summed E-state index contributed by atoms with van der Waals surface area (Å²) >= 11 is 4.54. The van der Waals surface area contributed by atoms with Gasteiger partial charge in [0, 0.05) is 55.3 Å². The van der Waals surface area contributed by atoms with E-state index in [0.717, 1.165) is 24.3 Å². The second kappa shape index (κ2) is 22.7. The van der Waals surface area contributed by atoms with Crippen molar-refractivity contribution in [1.29, 1.82) is 0 Å². The number of aromatic hydroxyl groups is 1. The van der Waals surface area contributed by atoms with E-state index in [4.69, 9.17) is 14.2 Å². The maximum absolute atomic E-state index is 12.9. The average Bonchev–Trinajstić information content (AvgIpc) is 3.36. The zero-order chi connectivity index (χ0) is 56.3. The van der Waals surface area contributed by atoms with Crippen molar-refractivity contribution in [2.24, 2.45) is 30.7 Å². The van der Waals surface area contributed by atoms with Crippen molar-refractivity contribution in [2.45, 2.75) is 46.3 Å². The lowest BCUT2D eigenvalue weighted by Crippen LogP contribution is -2.06. The summed E-state index contributed by atoms with van der Waals surface area (Å²) < 4.78 is 155. The number of azo groups is 3. The second-order valence-corrected chi connectivity index (χ2v) is 23.3. The van der Waals surface area contributed by atoms with Crippen LogP contribution in [0.2, 0.25) is 0 Å². The SMILES string of the molecule is CCOc1cc(N=Nc2cc(C)c(N=Nc3cc(S(=O)(=O)O)c4cccc(S(=O)(=O)O)c4c3)cc2OCCCCS(=O)(=O)O)c2cc(S)ccc2c1N=Nc1c(S(=O)(=O)O)cc2cc(Nc3ccc(OC)cc3)ccc2c1O. The number of aryl methyl sites for hydroxylation is 1. The Labute approximate surface area is 451 Å². The standard InChI is InChI=1S/C50H45N7O16S5/c1-4-72-44-27-41(38-25-34(74)15-17-37(38)48(44)56-57-49-47(78(68,69)70)22-29-21-31(12-16-35(29)50(49)58)51-30-10-13-33(71-3)14-11-30)54-55-42-20-28(2)40(26-43(42)73-18-5-6-19-75(59,60)61)53-52-32-23-39-36(46(24-32)77(65,66)67)8-7-9-45(39)76(62,63)64/h7-17,20-27,51,58,74H,4-6,18-19H2,1-3H3,(H,59,60,61)(H,62,63,64)(H,65,66,67)(H,68,69,70). The molecule has 0 aliphatic rings. The van der Waals surface area contributed by atoms with Crippen LogP contribution < -0.4 is 19.5 Å². The molecule has 0 aliphatic carbocycles. The fourth-order valence-corrected chi connectivity index (χ4v) is 10.9. The maximum Gasteiger partial charge on any atom is 0.296 e. The number of methoxy groups -OCH3 is 1. The van der Waals surface area contributed by atoms with Crippen LogP contribution in [0.25, 0.3) is 32.3 Å². The predicted octanol–water partition coefficient (Wildman–Crippen LogP) is 12.6. The van der Waals surface area contributed by atoms with E-state index in [1.807, 2.05) is 0 Å². The number of hydrogen-bond acceptors (Lipinski definition) is 20. The van der Waals surface area contributed by atoms with Gasteiger partial charge in [-0.25, -0.2) is 0 Å². The molecule has 0 heterocycles. The molecule has 0 saturated carbocycles. The van der Waals surface area contributed by atoms with Crippen LogP contribution in [0, 0.1) is 6.92 Å². The minimum absolute atomic E-state index is 0.0158. The van der Waals surface area contributed by atoms with Crippen LogP contribution in [0.1, 0.15) is 25.3 Å². The molecule has 0 radical (unpaired) electrons. The van der Waals surface area contributed by atoms with Crippen molar-refractivity contribution < 1.29 is 71.2 Å². The van der Waals surface area contributed by atoms with Gasteiger partial charge < -0.3 is 24.6 Å². The van der Waals surface area contributed by atoms with Gasteiger partial charge in [-0.15, -0.1) is 33.1 Å². The lowest BCUT2D eigenvalue weighted by atomic mass is 10.1. The number of ether oxygens (including phenoxy) is 3. The van der Waals surface area contributed by atoms with Gasteiger partial charge in [0.05, 0.1) is 43.1 Å². The molecule has 6 N–H and O–H groups in total. The lowest BCUT2D eigenvalue weighted by molar-refractivity contribution is 0.310. The Balaban J connectivity index is 1.19. The fourth-order valence-electron chi connectivity index (χ4n) is 8.03. The number of thiol groups is 1. The topological polar surface area (TPSA) is 352 Å². The van der Waals surface area contributed by atoms with Gasteiger partial charge in [0.2, 0.25) is 0 Å². The third kappa shape index (κ3) is 13.2. The highest BCUT2D eigenvalue weighted by molar-refractivity contribution is 7.87. The molecule has 0 aromatic heterocycles. The van der Waals surface area contributed by atoms with Crippen LogP contribution in [-0.2, 0) is 40.5 Å². The van der Waals surface area contributed by atoms with Gasteiger partial charge in [0.25, 0.3) is 40.5 Å². The maximum atomic E-state index is 12.9. The number of nitrogens with one attached hydrogen (secondary N) is 1. The van der Waals surface area contributed by atoms with Gasteiger partial charge in [-0.1, -0.05) is 18.2 Å². The first-order chi connectivity index (χ1) is 36.8. The summed E-state index contributed by atoms with van der Waals surface area (Å²) in [5.74, 6) is -0.394. The molecule has 0 aliphatic heterocycles. The Kier molecular flexibility index (Phi) is 16.5. The number of rotatable bonds is 20. The third-order valence-corrected chi connectivity index (χ3v) is 15.4. The molecule has 78 heavy (non-hydrogen) atoms. The van der Waals surface area contributed by atoms with Crippen molar-refractivity contribution in [3.8, 4) is 23.0 Å². The molecule has 0 fully saturated rings. The molecule has 0 bridgehead atoms. The summed E-state index contributed by atoms with van der Waals surface area (Å²) in [6.07, 6.45) is 0.157. The first kappa shape index (κ1) is 56.5. The van der Waals surface area contributed by atoms with Gasteiger partial charge in [-0.05, 0) is 123 Å². The van der Waals surface area contributed by atoms with E-state index in [0.29, 0.717) is 38.4 Å². The molecule has 28 heteroatoms. The monoisotopic (exact) mass is 1160 g/mol. The highest BCUT2D eigenvalue weighted by atomic mass is 32.2. The molecular formula is C50H45N7O16S5. The molecule has 0 atom stereocenters. The third-order valence-electron chi connectivity index (χ3n) is 11.6. The van der Waals surface area contributed by atoms with E-state index in [1.54, 1.807) is 74.5 Å². The predicted molar refractivity (Wildman–Crippen MR) is 293 cm³/mol. The molecule has 23 nitrogen and oxygen atoms in total. The Morgan fingerprint density at radius 1 is 0.551 bits per heavy atom. The van der Waals surface area contributed by atoms with Gasteiger partial charge in [-0.2, -0.15) is 43.9 Å². The molecular weight excluding hydrogens is 1110 g/mol. The van der Waals surface area contributed by atoms with E-state index >= 15 is 0 Å². The summed E-state index contributed by atoms with van der Waals surface area (Å²) in [4.78, 5) is -1.64. The minimum atomic E-state index is -5.03. The zero-order valence-electron chi connectivity index (χ0n) is 41.0. The van der Waals surface area contributed by atoms with Crippen LogP contribution in [0.5, 0.6) is 23.0 Å². The van der Waals surface area contributed by atoms with Gasteiger partial charge in [-0.3, -0.25) is 18.2 Å². The van der Waals surface area contributed by atoms with Crippen molar-refractivity contribution in [3.05, 3.63) is 121 Å². The summed E-state index contributed by atoms with van der Waals surface area (Å²) in [7, 11) is -17.6. The van der Waals surface area contributed by atoms with E-state index in [9.17, 15) is 57.0 Å². The van der Waals surface area contributed by atoms with Crippen LogP contribution in [0.3, 0.4) is 0 Å². The van der Waals surface area contributed by atoms with E-state index in [-0.39, 0.29) is 87.5 Å². The van der Waals surface area contributed by atoms with E-state index in [2.05, 4.69) is 48.6 Å². The number of unbranched alkanes of at least 4 members (excludes halogenated alkanes) is 1. The Bertz CT molecular complexity index is 4260. The summed E-state index contributed by atoms with van der Waals surface area (Å²) in [6.45, 7) is 3.28. The lowest BCUT2D eigenvalue weighted by Gasteiger charge is -2.14. The van der Waals surface area contributed by atoms with Crippen LogP contribution in [0.4, 0.5) is 45.5 Å². The van der Waals surface area contributed by atoms with Gasteiger partial charge in [0.1, 0.15) is 49.0 Å². The molecule has 0 amide bonds. The zero-order valence-corrected chi connectivity index (χ0v) is 45.2. The van der Waals surface area contributed by atoms with Crippen LogP contribution in [0.15, 0.2) is 166 Å². The van der Waals surface area contributed by atoms with Gasteiger partial charge >= 0.3 is 0 Å². The number of benzene rings is 8. The summed E-state index contributed by atoms with van der Waals surface area (Å²) in [5, 5.41) is 41.4. The van der Waals surface area contributed by atoms with Crippen molar-refractivity contribution >= 4 is 131 Å². The summed E-state index contributed by atoms with van der Waals surface area (Å²) in [6, 6.07) is 27.8. The van der Waals surface area contributed by atoms with Crippen LogP contribution in [-0.4, -0.2) is 83.1 Å². The number of anilines is 2. The minimum Gasteiger partial charge on any atom is -0.505 e. The molecule has 8 aromatic carbocycles. The number of phenols is 1. The van der Waals surface area contributed by atoms with Crippen molar-refractivity contribution in [2.75, 3.05) is 31.4 Å². The van der Waals surface area contributed by atoms with Gasteiger partial charge in [0.15, 0.2) is 5.75 Å². The average molecular weight is 1160 g/mol. The molecule has 0 saturated heterocycles. The molecule has 0 spiro atoms. The normalized spacial score (nSPS) is 12.7. The number of phenolic OH excluding ortho intramolecular Hbond substituents is 1. The first-order valence-electron chi connectivity index (χ1n) is 22.9. The fraction of sp³-hybridized carbons (Fsp3) is 0.160. The van der Waals surface area contributed by atoms with Crippen molar-refractivity contribution in [1.82, 2.24) is 0 Å². The first-order valence-corrected chi connectivity index (χ1v) is 29.3. The Hall–Kier alpha value is -7.67. The molecule has 0 unspecified atom stereocenters. The Morgan fingerprint density at radius 2 is 1.21 bits per heavy atom. The van der Waals surface area contributed by atoms with Crippen LogP contribution >= 0.6 is 12.6 Å². The van der Waals surface area contributed by atoms with E-state index < -0.39 is 72.3 Å². The Morgan fingerprint density at radius 3 is 1.88 bits per heavy atom. The molecule has 406 valence electrons. The summed E-state index contributed by atoms with van der Waals surface area (Å²) in [5.41, 5.74) is 1.25. The van der Waals surface area contributed by atoms with Crippen molar-refractivity contribution in [3.63, 3.8) is 0 Å². The number of hydrogen-bond donors (Lipinski definition) is 7. The highest BCUT2D eigenvalue weighted by Gasteiger charge is 2.25. The number of fused-ring (bicyclic) bond motifs is 3. The highest BCUT2D eigenvalue weighted by Crippen LogP contribution is 2.47. The quantitative estimate of drug-likeness (QED) is 0.0161. The second-order valence-electron chi connectivity index (χ2n) is 17.0. The smallest absolute Gasteiger partial charge is 0.296 e. The van der Waals surface area contributed by atoms with E-state index in [1.165, 1.54) is 37.4 Å². The number of nitrogens with zero attached hydrogens (tertiary/aromatic N) is 6.